The van der Waals surface area contributed by atoms with Gasteiger partial charge in [0.25, 0.3) is 0 Å². The summed E-state index contributed by atoms with van der Waals surface area (Å²) in [5, 5.41) is 0. The summed E-state index contributed by atoms with van der Waals surface area (Å²) in [6.07, 6.45) is 11.4. The first kappa shape index (κ1) is 60.7. The van der Waals surface area contributed by atoms with Crippen molar-refractivity contribution in [2.45, 2.75) is 157 Å². The molecule has 16 nitrogen and oxygen atoms in total. The number of esters is 6. The molecule has 0 bridgehead atoms. The standard InChI is InChI=1S/C48H90N4O12/c1-7-13-37-59-43(53)19-25-49(26-20-44(54)60-38-14-8-2)31-34-52(35-32-50(27-21-45(55)61-39-15-9-3)28-22-46(56)62-40-16-10-4)36-33-51(29-23-47(57)63-41-17-11-5)30-24-48(58)64-42-18-12-6/h7-42H2,1-6H3. The number of unbranched alkanes of at least 4 members (excludes halogenated alkanes) is 6. The zero-order chi connectivity index (χ0) is 47.5. The molecule has 64 heavy (non-hydrogen) atoms. The first-order chi connectivity index (χ1) is 31.0. The van der Waals surface area contributed by atoms with Crippen molar-refractivity contribution in [2.24, 2.45) is 0 Å². The fourth-order valence-electron chi connectivity index (χ4n) is 6.10. The number of nitrogens with zero attached hydrogens (tertiary/aromatic N) is 4. The summed E-state index contributed by atoms with van der Waals surface area (Å²) in [5.41, 5.74) is 0. The van der Waals surface area contributed by atoms with Crippen molar-refractivity contribution in [1.29, 1.82) is 0 Å². The zero-order valence-corrected chi connectivity index (χ0v) is 41.1. The molecule has 0 aromatic rings. The van der Waals surface area contributed by atoms with Gasteiger partial charge in [-0.2, -0.15) is 0 Å². The predicted molar refractivity (Wildman–Crippen MR) is 249 cm³/mol. The minimum absolute atomic E-state index is 0.182. The lowest BCUT2D eigenvalue weighted by molar-refractivity contribution is -0.146. The van der Waals surface area contributed by atoms with E-state index in [9.17, 15) is 28.8 Å². The van der Waals surface area contributed by atoms with Gasteiger partial charge in [-0.25, -0.2) is 0 Å². The first-order valence-electron chi connectivity index (χ1n) is 24.8. The Morgan fingerprint density at radius 1 is 0.250 bits per heavy atom. The van der Waals surface area contributed by atoms with Gasteiger partial charge in [0.05, 0.1) is 78.2 Å². The van der Waals surface area contributed by atoms with Crippen LogP contribution in [0.3, 0.4) is 0 Å². The third kappa shape index (κ3) is 38.0. The lowest BCUT2D eigenvalue weighted by Crippen LogP contribution is -2.45. The Balaban J connectivity index is 6.35. The van der Waals surface area contributed by atoms with Crippen LogP contribution in [0, 0.1) is 0 Å². The van der Waals surface area contributed by atoms with E-state index in [2.05, 4.69) is 19.6 Å². The molecule has 0 spiro atoms. The predicted octanol–water partition coefficient (Wildman–Crippen LogP) is 6.59. The molecular formula is C48H90N4O12. The molecule has 0 N–H and O–H groups in total. The van der Waals surface area contributed by atoms with Crippen LogP contribution in [0.1, 0.15) is 157 Å². The van der Waals surface area contributed by atoms with Gasteiger partial charge in [-0.1, -0.05) is 80.1 Å². The van der Waals surface area contributed by atoms with Crippen LogP contribution in [0.25, 0.3) is 0 Å². The van der Waals surface area contributed by atoms with Crippen LogP contribution in [0.5, 0.6) is 0 Å². The van der Waals surface area contributed by atoms with Crippen molar-refractivity contribution in [1.82, 2.24) is 19.6 Å². The van der Waals surface area contributed by atoms with E-state index in [1.165, 1.54) is 0 Å². The molecule has 0 fully saturated rings. The highest BCUT2D eigenvalue weighted by Gasteiger charge is 2.19. The van der Waals surface area contributed by atoms with E-state index >= 15 is 0 Å². The van der Waals surface area contributed by atoms with Gasteiger partial charge in [0.15, 0.2) is 0 Å². The molecule has 0 aliphatic carbocycles. The quantitative estimate of drug-likeness (QED) is 0.0364. The molecule has 0 rings (SSSR count). The zero-order valence-electron chi connectivity index (χ0n) is 41.1. The summed E-state index contributed by atoms with van der Waals surface area (Å²) in [5.74, 6) is -1.69. The average molecular weight is 915 g/mol. The van der Waals surface area contributed by atoms with Gasteiger partial charge in [-0.15, -0.1) is 0 Å². The van der Waals surface area contributed by atoms with E-state index in [1.807, 2.05) is 41.5 Å². The molecule has 0 aromatic carbocycles. The summed E-state index contributed by atoms with van der Waals surface area (Å²) in [6.45, 7) is 20.2. The maximum Gasteiger partial charge on any atom is 0.307 e. The SMILES string of the molecule is CCCCOC(=O)CCN(CCC(=O)OCCCC)CCN(CCN(CCC(=O)OCCCC)CCC(=O)OCCCC)CCN(CCC(=O)OCCCC)CCC(=O)OCCCC. The highest BCUT2D eigenvalue weighted by molar-refractivity contribution is 5.71. The maximum absolute atomic E-state index is 12.7. The number of rotatable bonds is 45. The van der Waals surface area contributed by atoms with Gasteiger partial charge >= 0.3 is 35.8 Å². The van der Waals surface area contributed by atoms with Gasteiger partial charge in [0.2, 0.25) is 0 Å². The van der Waals surface area contributed by atoms with Gasteiger partial charge in [-0.3, -0.25) is 33.7 Å². The summed E-state index contributed by atoms with van der Waals surface area (Å²) in [4.78, 5) is 84.5. The van der Waals surface area contributed by atoms with Crippen LogP contribution < -0.4 is 0 Å². The molecular weight excluding hydrogens is 825 g/mol. The van der Waals surface area contributed by atoms with Crippen LogP contribution >= 0.6 is 0 Å². The van der Waals surface area contributed by atoms with Crippen molar-refractivity contribution >= 4 is 35.8 Å². The van der Waals surface area contributed by atoms with Gasteiger partial charge in [-0.05, 0) is 38.5 Å². The highest BCUT2D eigenvalue weighted by atomic mass is 16.5. The number of hydrogen-bond donors (Lipinski definition) is 0. The Hall–Kier alpha value is -3.34. The van der Waals surface area contributed by atoms with E-state index in [0.29, 0.717) is 118 Å². The summed E-state index contributed by atoms with van der Waals surface area (Å²) < 4.78 is 32.6. The van der Waals surface area contributed by atoms with Gasteiger partial charge < -0.3 is 43.1 Å². The topological polar surface area (TPSA) is 171 Å². The molecule has 374 valence electrons. The van der Waals surface area contributed by atoms with E-state index in [-0.39, 0.29) is 74.3 Å². The second kappa shape index (κ2) is 43.5. The van der Waals surface area contributed by atoms with Crippen molar-refractivity contribution in [3.63, 3.8) is 0 Å². The number of carbonyl (C=O) groups excluding carboxylic acids is 6. The smallest absolute Gasteiger partial charge is 0.307 e. The maximum atomic E-state index is 12.7. The van der Waals surface area contributed by atoms with Gasteiger partial charge in [0.1, 0.15) is 0 Å². The van der Waals surface area contributed by atoms with E-state index in [1.54, 1.807) is 0 Å². The molecule has 0 saturated heterocycles. The monoisotopic (exact) mass is 915 g/mol. The first-order valence-corrected chi connectivity index (χ1v) is 24.8. The Morgan fingerprint density at radius 2 is 0.391 bits per heavy atom. The number of carbonyl (C=O) groups is 6. The second-order valence-corrected chi connectivity index (χ2v) is 16.3. The molecule has 0 aromatic heterocycles. The Bertz CT molecular complexity index is 989. The van der Waals surface area contributed by atoms with E-state index in [4.69, 9.17) is 28.4 Å². The highest BCUT2D eigenvalue weighted by Crippen LogP contribution is 2.07. The largest absolute Gasteiger partial charge is 0.466 e. The fraction of sp³-hybridized carbons (Fsp3) is 0.875. The molecule has 0 unspecified atom stereocenters. The van der Waals surface area contributed by atoms with Crippen LogP contribution in [0.15, 0.2) is 0 Å². The van der Waals surface area contributed by atoms with Crippen LogP contribution in [-0.2, 0) is 57.2 Å². The average Bonchev–Trinajstić information content (AvgIpc) is 3.28. The number of ether oxygens (including phenoxy) is 6. The van der Waals surface area contributed by atoms with E-state index in [0.717, 1.165) is 77.0 Å². The fourth-order valence-corrected chi connectivity index (χ4v) is 6.10. The van der Waals surface area contributed by atoms with Crippen LogP contribution in [-0.4, -0.2) is 174 Å². The van der Waals surface area contributed by atoms with Crippen molar-refractivity contribution in [3.8, 4) is 0 Å². The molecule has 0 heterocycles. The Labute approximate surface area is 387 Å². The molecule has 0 aliphatic rings. The van der Waals surface area contributed by atoms with Gasteiger partial charge in [0, 0.05) is 78.5 Å². The molecule has 16 heteroatoms. The Kier molecular flexibility index (Phi) is 41.3. The lowest BCUT2D eigenvalue weighted by Gasteiger charge is -2.32. The molecule has 0 radical (unpaired) electrons. The summed E-state index contributed by atoms with van der Waals surface area (Å²) in [6, 6.07) is 0. The lowest BCUT2D eigenvalue weighted by atomic mass is 10.2. The van der Waals surface area contributed by atoms with E-state index < -0.39 is 0 Å². The third-order valence-electron chi connectivity index (χ3n) is 10.6. The molecule has 0 amide bonds. The molecule has 0 saturated carbocycles. The second-order valence-electron chi connectivity index (χ2n) is 16.3. The van der Waals surface area contributed by atoms with Crippen molar-refractivity contribution in [3.05, 3.63) is 0 Å². The van der Waals surface area contributed by atoms with Crippen LogP contribution in [0.4, 0.5) is 0 Å². The normalized spacial score (nSPS) is 11.3. The number of hydrogen-bond acceptors (Lipinski definition) is 16. The van der Waals surface area contributed by atoms with Crippen molar-refractivity contribution < 1.29 is 57.2 Å². The summed E-state index contributed by atoms with van der Waals surface area (Å²) >= 11 is 0. The minimum atomic E-state index is -0.282. The third-order valence-corrected chi connectivity index (χ3v) is 10.6. The van der Waals surface area contributed by atoms with Crippen LogP contribution in [0.2, 0.25) is 0 Å². The molecule has 0 aliphatic heterocycles. The molecule has 0 atom stereocenters. The summed E-state index contributed by atoms with van der Waals surface area (Å²) in [7, 11) is 0. The Morgan fingerprint density at radius 3 is 0.531 bits per heavy atom. The minimum Gasteiger partial charge on any atom is -0.466 e. The van der Waals surface area contributed by atoms with Crippen molar-refractivity contribution in [2.75, 3.05) is 118 Å².